The number of ether oxygens (including phenoxy) is 1. The summed E-state index contributed by atoms with van der Waals surface area (Å²) in [6.07, 6.45) is 4.95. The van der Waals surface area contributed by atoms with E-state index in [0.717, 1.165) is 63.9 Å². The highest BCUT2D eigenvalue weighted by atomic mass is 16.5. The molecule has 1 amide bonds. The highest BCUT2D eigenvalue weighted by Gasteiger charge is 2.22. The average molecular weight is 317 g/mol. The monoisotopic (exact) mass is 317 g/mol. The maximum absolute atomic E-state index is 11.5. The Hall–Kier alpha value is -2.15. The molecule has 3 rings (SSSR count). The molecule has 2 aliphatic heterocycles. The van der Waals surface area contributed by atoms with Crippen LogP contribution in [0, 0.1) is 0 Å². The second kappa shape index (κ2) is 7.41. The Kier molecular flexibility index (Phi) is 5.07. The molecule has 1 atom stereocenters. The highest BCUT2D eigenvalue weighted by Crippen LogP contribution is 2.22. The first-order valence-electron chi connectivity index (χ1n) is 8.09. The number of nitrogens with one attached hydrogen (secondary N) is 1. The molecule has 23 heavy (non-hydrogen) atoms. The molecule has 0 saturated carbocycles. The van der Waals surface area contributed by atoms with E-state index in [1.54, 1.807) is 6.33 Å². The first kappa shape index (κ1) is 15.7. The van der Waals surface area contributed by atoms with Crippen LogP contribution in [0.5, 0.6) is 0 Å². The molecule has 2 fully saturated rings. The fourth-order valence-corrected chi connectivity index (χ4v) is 3.04. The van der Waals surface area contributed by atoms with E-state index in [-0.39, 0.29) is 11.9 Å². The Morgan fingerprint density at radius 2 is 2.00 bits per heavy atom. The minimum atomic E-state index is -0.117. The molecule has 0 aliphatic carbocycles. The number of hydrogen-bond acceptors (Lipinski definition) is 6. The lowest BCUT2D eigenvalue weighted by Crippen LogP contribution is -2.47. The third-order valence-corrected chi connectivity index (χ3v) is 4.25. The lowest BCUT2D eigenvalue weighted by atomic mass is 10.1. The normalized spacial score (nSPS) is 21.8. The molecule has 3 heterocycles. The molecule has 2 aliphatic rings. The first-order chi connectivity index (χ1) is 11.3. The molecule has 0 unspecified atom stereocenters. The summed E-state index contributed by atoms with van der Waals surface area (Å²) in [7, 11) is 0. The van der Waals surface area contributed by atoms with E-state index >= 15 is 0 Å². The van der Waals surface area contributed by atoms with Crippen LogP contribution >= 0.6 is 0 Å². The Morgan fingerprint density at radius 1 is 1.26 bits per heavy atom. The maximum atomic E-state index is 11.5. The van der Waals surface area contributed by atoms with E-state index in [0.29, 0.717) is 0 Å². The van der Waals surface area contributed by atoms with Crippen LogP contribution in [-0.2, 0) is 9.53 Å². The standard InChI is InChI=1S/C16H23N5O2/c1-2-16(22)19-13-4-3-5-21(11-13)15-10-14(17-12-18-15)20-6-8-23-9-7-20/h2,10,12-13H,1,3-9,11H2,(H,19,22)/t13-/m0/s1. The number of carbonyl (C=O) groups excluding carboxylic acids is 1. The quantitative estimate of drug-likeness (QED) is 0.820. The number of rotatable bonds is 4. The van der Waals surface area contributed by atoms with Gasteiger partial charge in [-0.25, -0.2) is 9.97 Å². The molecular formula is C16H23N5O2. The fourth-order valence-electron chi connectivity index (χ4n) is 3.04. The number of carbonyl (C=O) groups is 1. The van der Waals surface area contributed by atoms with Gasteiger partial charge in [-0.05, 0) is 18.9 Å². The van der Waals surface area contributed by atoms with E-state index in [2.05, 4.69) is 31.7 Å². The van der Waals surface area contributed by atoms with Gasteiger partial charge in [0.25, 0.3) is 0 Å². The molecule has 0 radical (unpaired) electrons. The van der Waals surface area contributed by atoms with Gasteiger partial charge < -0.3 is 19.9 Å². The molecule has 7 heteroatoms. The van der Waals surface area contributed by atoms with Crippen LogP contribution in [0.4, 0.5) is 11.6 Å². The summed E-state index contributed by atoms with van der Waals surface area (Å²) in [5.74, 6) is 1.74. The summed E-state index contributed by atoms with van der Waals surface area (Å²) in [6.45, 7) is 8.39. The van der Waals surface area contributed by atoms with Gasteiger partial charge >= 0.3 is 0 Å². The summed E-state index contributed by atoms with van der Waals surface area (Å²) in [5.41, 5.74) is 0. The number of nitrogens with zero attached hydrogens (tertiary/aromatic N) is 4. The zero-order chi connectivity index (χ0) is 16.1. The Labute approximate surface area is 136 Å². The Balaban J connectivity index is 1.68. The van der Waals surface area contributed by atoms with E-state index < -0.39 is 0 Å². The predicted octanol–water partition coefficient (Wildman–Crippen LogP) is 0.584. The summed E-state index contributed by atoms with van der Waals surface area (Å²) >= 11 is 0. The van der Waals surface area contributed by atoms with Crippen LogP contribution in [0.1, 0.15) is 12.8 Å². The van der Waals surface area contributed by atoms with Gasteiger partial charge in [-0.2, -0.15) is 0 Å². The zero-order valence-corrected chi connectivity index (χ0v) is 13.3. The molecule has 0 aromatic carbocycles. The minimum Gasteiger partial charge on any atom is -0.378 e. The smallest absolute Gasteiger partial charge is 0.243 e. The van der Waals surface area contributed by atoms with Crippen molar-refractivity contribution in [3.8, 4) is 0 Å². The van der Waals surface area contributed by atoms with Gasteiger partial charge in [0.1, 0.15) is 18.0 Å². The maximum Gasteiger partial charge on any atom is 0.243 e. The SMILES string of the molecule is C=CC(=O)N[C@H]1CCCN(c2cc(N3CCOCC3)ncn2)C1. The summed E-state index contributed by atoms with van der Waals surface area (Å²) in [6, 6.07) is 2.17. The average Bonchev–Trinajstić information content (AvgIpc) is 2.63. The molecule has 124 valence electrons. The van der Waals surface area contributed by atoms with Crippen molar-refractivity contribution >= 4 is 17.5 Å². The topological polar surface area (TPSA) is 70.6 Å². The van der Waals surface area contributed by atoms with Crippen molar-refractivity contribution in [2.75, 3.05) is 49.2 Å². The van der Waals surface area contributed by atoms with Gasteiger partial charge in [0.15, 0.2) is 0 Å². The van der Waals surface area contributed by atoms with Crippen LogP contribution < -0.4 is 15.1 Å². The van der Waals surface area contributed by atoms with Gasteiger partial charge in [0.2, 0.25) is 5.91 Å². The molecule has 1 aromatic heterocycles. The van der Waals surface area contributed by atoms with E-state index in [4.69, 9.17) is 4.74 Å². The lowest BCUT2D eigenvalue weighted by molar-refractivity contribution is -0.117. The number of anilines is 2. The van der Waals surface area contributed by atoms with Gasteiger partial charge in [0, 0.05) is 38.3 Å². The minimum absolute atomic E-state index is 0.117. The van der Waals surface area contributed by atoms with Crippen LogP contribution in [0.3, 0.4) is 0 Å². The number of aromatic nitrogens is 2. The largest absolute Gasteiger partial charge is 0.378 e. The Morgan fingerprint density at radius 3 is 2.74 bits per heavy atom. The third-order valence-electron chi connectivity index (χ3n) is 4.25. The van der Waals surface area contributed by atoms with Crippen LogP contribution in [0.25, 0.3) is 0 Å². The molecular weight excluding hydrogens is 294 g/mol. The van der Waals surface area contributed by atoms with E-state index in [9.17, 15) is 4.79 Å². The molecule has 1 aromatic rings. The predicted molar refractivity (Wildman–Crippen MR) is 88.6 cm³/mol. The van der Waals surface area contributed by atoms with Gasteiger partial charge in [-0.1, -0.05) is 6.58 Å². The van der Waals surface area contributed by atoms with Crippen molar-refractivity contribution in [2.45, 2.75) is 18.9 Å². The van der Waals surface area contributed by atoms with E-state index in [1.807, 2.05) is 6.07 Å². The Bertz CT molecular complexity index is 559. The molecule has 7 nitrogen and oxygen atoms in total. The molecule has 0 spiro atoms. The van der Waals surface area contributed by atoms with Crippen LogP contribution in [0.2, 0.25) is 0 Å². The number of morpholine rings is 1. The third kappa shape index (κ3) is 3.98. The van der Waals surface area contributed by atoms with Crippen molar-refractivity contribution in [1.82, 2.24) is 15.3 Å². The second-order valence-electron chi connectivity index (χ2n) is 5.83. The fraction of sp³-hybridized carbons (Fsp3) is 0.562. The summed E-state index contributed by atoms with van der Waals surface area (Å²) < 4.78 is 5.39. The van der Waals surface area contributed by atoms with Gasteiger partial charge in [0.05, 0.1) is 13.2 Å². The number of piperidine rings is 1. The number of amides is 1. The zero-order valence-electron chi connectivity index (χ0n) is 13.3. The van der Waals surface area contributed by atoms with Gasteiger partial charge in [-0.15, -0.1) is 0 Å². The van der Waals surface area contributed by atoms with E-state index in [1.165, 1.54) is 6.08 Å². The van der Waals surface area contributed by atoms with Crippen molar-refractivity contribution in [1.29, 1.82) is 0 Å². The van der Waals surface area contributed by atoms with Crippen molar-refractivity contribution in [2.24, 2.45) is 0 Å². The molecule has 1 N–H and O–H groups in total. The first-order valence-corrected chi connectivity index (χ1v) is 8.09. The highest BCUT2D eigenvalue weighted by molar-refractivity contribution is 5.87. The van der Waals surface area contributed by atoms with Crippen LogP contribution in [-0.4, -0.2) is 61.3 Å². The molecule has 0 bridgehead atoms. The van der Waals surface area contributed by atoms with Crippen molar-refractivity contribution in [3.63, 3.8) is 0 Å². The number of hydrogen-bond donors (Lipinski definition) is 1. The van der Waals surface area contributed by atoms with Crippen LogP contribution in [0.15, 0.2) is 25.0 Å². The second-order valence-corrected chi connectivity index (χ2v) is 5.83. The summed E-state index contributed by atoms with van der Waals surface area (Å²) in [4.78, 5) is 24.7. The van der Waals surface area contributed by atoms with Crippen molar-refractivity contribution in [3.05, 3.63) is 25.0 Å². The summed E-state index contributed by atoms with van der Waals surface area (Å²) in [5, 5.41) is 2.98. The lowest BCUT2D eigenvalue weighted by Gasteiger charge is -2.34. The molecule has 2 saturated heterocycles. The van der Waals surface area contributed by atoms with Crippen molar-refractivity contribution < 1.29 is 9.53 Å². The van der Waals surface area contributed by atoms with Gasteiger partial charge in [-0.3, -0.25) is 4.79 Å².